The van der Waals surface area contributed by atoms with Crippen LogP contribution in [0.25, 0.3) is 0 Å². The van der Waals surface area contributed by atoms with Gasteiger partial charge in [-0.1, -0.05) is 22.7 Å². The summed E-state index contributed by atoms with van der Waals surface area (Å²) in [5, 5.41) is 9.45. The molecule has 1 heterocycles. The van der Waals surface area contributed by atoms with E-state index in [1.807, 2.05) is 30.3 Å². The van der Waals surface area contributed by atoms with E-state index in [4.69, 9.17) is 12.2 Å². The van der Waals surface area contributed by atoms with Crippen molar-refractivity contribution in [2.45, 2.75) is 6.92 Å². The third-order valence-corrected chi connectivity index (χ3v) is 2.96. The van der Waals surface area contributed by atoms with Crippen molar-refractivity contribution in [1.29, 1.82) is 0 Å². The third-order valence-electron chi connectivity index (χ3n) is 2.13. The molecule has 0 spiro atoms. The second kappa shape index (κ2) is 5.65. The SMILES string of the molecule is Cc1snnc1C(=O)NC(=S)Nc1ccccc1. The summed E-state index contributed by atoms with van der Waals surface area (Å²) in [6.07, 6.45) is 0. The van der Waals surface area contributed by atoms with Crippen LogP contribution in [0, 0.1) is 6.92 Å². The molecule has 2 rings (SSSR count). The van der Waals surface area contributed by atoms with E-state index in [-0.39, 0.29) is 11.0 Å². The number of aromatic nitrogens is 2. The molecule has 7 heteroatoms. The fourth-order valence-corrected chi connectivity index (χ4v) is 1.96. The Morgan fingerprint density at radius 1 is 1.33 bits per heavy atom. The van der Waals surface area contributed by atoms with Gasteiger partial charge in [-0.2, -0.15) is 0 Å². The van der Waals surface area contributed by atoms with Crippen LogP contribution < -0.4 is 10.6 Å². The minimum Gasteiger partial charge on any atom is -0.332 e. The fourth-order valence-electron chi connectivity index (χ4n) is 1.29. The number of amides is 1. The lowest BCUT2D eigenvalue weighted by molar-refractivity contribution is 0.0972. The number of nitrogens with one attached hydrogen (secondary N) is 2. The Balaban J connectivity index is 1.96. The van der Waals surface area contributed by atoms with Crippen molar-refractivity contribution in [2.75, 3.05) is 5.32 Å². The van der Waals surface area contributed by atoms with E-state index in [0.717, 1.165) is 10.6 Å². The zero-order valence-electron chi connectivity index (χ0n) is 9.51. The second-order valence-electron chi connectivity index (χ2n) is 3.45. The molecule has 0 aliphatic rings. The number of anilines is 1. The van der Waals surface area contributed by atoms with E-state index < -0.39 is 0 Å². The maximum Gasteiger partial charge on any atom is 0.279 e. The molecule has 0 saturated carbocycles. The van der Waals surface area contributed by atoms with E-state index in [1.165, 1.54) is 11.5 Å². The molecule has 1 aromatic heterocycles. The lowest BCUT2D eigenvalue weighted by Crippen LogP contribution is -2.34. The highest BCUT2D eigenvalue weighted by atomic mass is 32.1. The lowest BCUT2D eigenvalue weighted by Gasteiger charge is -2.08. The summed E-state index contributed by atoms with van der Waals surface area (Å²) in [5.41, 5.74) is 1.12. The quantitative estimate of drug-likeness (QED) is 0.822. The molecule has 2 aromatic rings. The van der Waals surface area contributed by atoms with Gasteiger partial charge in [0.1, 0.15) is 0 Å². The van der Waals surface area contributed by atoms with Crippen molar-refractivity contribution in [2.24, 2.45) is 0 Å². The Morgan fingerprint density at radius 2 is 2.06 bits per heavy atom. The number of carbonyl (C=O) groups is 1. The average Bonchev–Trinajstić information content (AvgIpc) is 2.76. The normalized spacial score (nSPS) is 9.83. The zero-order chi connectivity index (χ0) is 13.0. The molecule has 0 saturated heterocycles. The van der Waals surface area contributed by atoms with Crippen LogP contribution in [0.1, 0.15) is 15.4 Å². The van der Waals surface area contributed by atoms with Crippen LogP contribution in [0.2, 0.25) is 0 Å². The highest BCUT2D eigenvalue weighted by molar-refractivity contribution is 7.80. The topological polar surface area (TPSA) is 66.9 Å². The van der Waals surface area contributed by atoms with E-state index in [1.54, 1.807) is 6.92 Å². The smallest absolute Gasteiger partial charge is 0.279 e. The van der Waals surface area contributed by atoms with Gasteiger partial charge in [0.15, 0.2) is 10.8 Å². The first kappa shape index (κ1) is 12.6. The Kier molecular flexibility index (Phi) is 3.96. The number of rotatable bonds is 2. The minimum atomic E-state index is -0.352. The molecule has 1 amide bonds. The molecule has 18 heavy (non-hydrogen) atoms. The average molecular weight is 278 g/mol. The summed E-state index contributed by atoms with van der Waals surface area (Å²) >= 11 is 6.22. The molecule has 0 aliphatic heterocycles. The molecule has 0 aliphatic carbocycles. The maximum atomic E-state index is 11.8. The summed E-state index contributed by atoms with van der Waals surface area (Å²) in [4.78, 5) is 12.6. The first-order chi connectivity index (χ1) is 8.66. The van der Waals surface area contributed by atoms with E-state index in [2.05, 4.69) is 20.2 Å². The van der Waals surface area contributed by atoms with Gasteiger partial charge in [-0.3, -0.25) is 10.1 Å². The number of benzene rings is 1. The molecule has 0 fully saturated rings. The van der Waals surface area contributed by atoms with Crippen LogP contribution in [0.15, 0.2) is 30.3 Å². The fraction of sp³-hybridized carbons (Fsp3) is 0.0909. The van der Waals surface area contributed by atoms with Gasteiger partial charge in [-0.05, 0) is 42.8 Å². The number of aryl methyl sites for hydroxylation is 1. The first-order valence-electron chi connectivity index (χ1n) is 5.13. The van der Waals surface area contributed by atoms with Gasteiger partial charge in [-0.25, -0.2) is 0 Å². The van der Waals surface area contributed by atoms with Crippen LogP contribution in [0.4, 0.5) is 5.69 Å². The Hall–Kier alpha value is -1.86. The summed E-state index contributed by atoms with van der Waals surface area (Å²) in [6, 6.07) is 9.36. The van der Waals surface area contributed by atoms with Crippen molar-refractivity contribution in [3.63, 3.8) is 0 Å². The van der Waals surface area contributed by atoms with Gasteiger partial charge < -0.3 is 5.32 Å². The molecular formula is C11H10N4OS2. The number of para-hydroxylation sites is 1. The maximum absolute atomic E-state index is 11.8. The zero-order valence-corrected chi connectivity index (χ0v) is 11.1. The molecule has 2 N–H and O–H groups in total. The standard InChI is InChI=1S/C11H10N4OS2/c1-7-9(14-15-18-7)10(16)13-11(17)12-8-5-3-2-4-6-8/h2-6H,1H3,(H2,12,13,16,17). The van der Waals surface area contributed by atoms with Crippen molar-refractivity contribution in [1.82, 2.24) is 14.9 Å². The van der Waals surface area contributed by atoms with E-state index in [9.17, 15) is 4.79 Å². The third kappa shape index (κ3) is 3.08. The molecule has 0 unspecified atom stereocenters. The van der Waals surface area contributed by atoms with Crippen LogP contribution in [-0.2, 0) is 0 Å². The molecule has 92 valence electrons. The highest BCUT2D eigenvalue weighted by Crippen LogP contribution is 2.08. The molecular weight excluding hydrogens is 268 g/mol. The predicted molar refractivity (Wildman–Crippen MR) is 74.8 cm³/mol. The van der Waals surface area contributed by atoms with Gasteiger partial charge in [0.25, 0.3) is 5.91 Å². The predicted octanol–water partition coefficient (Wildman–Crippen LogP) is 1.97. The van der Waals surface area contributed by atoms with Crippen LogP contribution in [-0.4, -0.2) is 20.6 Å². The van der Waals surface area contributed by atoms with E-state index in [0.29, 0.717) is 5.69 Å². The largest absolute Gasteiger partial charge is 0.332 e. The number of nitrogens with zero attached hydrogens (tertiary/aromatic N) is 2. The van der Waals surface area contributed by atoms with Gasteiger partial charge in [-0.15, -0.1) is 5.10 Å². The number of carbonyl (C=O) groups excluding carboxylic acids is 1. The minimum absolute atomic E-state index is 0.235. The lowest BCUT2D eigenvalue weighted by atomic mass is 10.3. The van der Waals surface area contributed by atoms with Gasteiger partial charge in [0.2, 0.25) is 0 Å². The summed E-state index contributed by atoms with van der Waals surface area (Å²) in [6.45, 7) is 1.78. The molecule has 1 aromatic carbocycles. The summed E-state index contributed by atoms with van der Waals surface area (Å²) in [7, 11) is 0. The highest BCUT2D eigenvalue weighted by Gasteiger charge is 2.14. The van der Waals surface area contributed by atoms with Crippen molar-refractivity contribution in [3.8, 4) is 0 Å². The Bertz CT molecular complexity index is 567. The van der Waals surface area contributed by atoms with Crippen molar-refractivity contribution >= 4 is 40.5 Å². The molecule has 0 atom stereocenters. The van der Waals surface area contributed by atoms with Crippen molar-refractivity contribution < 1.29 is 4.79 Å². The van der Waals surface area contributed by atoms with E-state index >= 15 is 0 Å². The van der Waals surface area contributed by atoms with Gasteiger partial charge >= 0.3 is 0 Å². The summed E-state index contributed by atoms with van der Waals surface area (Å²) < 4.78 is 3.70. The van der Waals surface area contributed by atoms with Crippen LogP contribution in [0.3, 0.4) is 0 Å². The van der Waals surface area contributed by atoms with Crippen molar-refractivity contribution in [3.05, 3.63) is 40.9 Å². The van der Waals surface area contributed by atoms with Gasteiger partial charge in [0, 0.05) is 5.69 Å². The Labute approximate surface area is 113 Å². The number of hydrogen-bond donors (Lipinski definition) is 2. The Morgan fingerprint density at radius 3 is 2.67 bits per heavy atom. The first-order valence-corrected chi connectivity index (χ1v) is 6.31. The monoisotopic (exact) mass is 278 g/mol. The second-order valence-corrected chi connectivity index (χ2v) is 4.82. The van der Waals surface area contributed by atoms with Crippen LogP contribution >= 0.6 is 23.8 Å². The van der Waals surface area contributed by atoms with Gasteiger partial charge in [0.05, 0.1) is 4.88 Å². The molecule has 5 nitrogen and oxygen atoms in total. The number of thiocarbonyl (C=S) groups is 1. The van der Waals surface area contributed by atoms with Crippen LogP contribution in [0.5, 0.6) is 0 Å². The molecule has 0 bridgehead atoms. The number of hydrogen-bond acceptors (Lipinski definition) is 5. The molecule has 0 radical (unpaired) electrons. The summed E-state index contributed by atoms with van der Waals surface area (Å²) in [5.74, 6) is -0.352.